The summed E-state index contributed by atoms with van der Waals surface area (Å²) >= 11 is 7.51. The largest absolute Gasteiger partial charge is 0.324 e. The zero-order chi connectivity index (χ0) is 22.6. The number of aromatic nitrogens is 1. The molecular formula is C22H24ClN3O3S2. The fourth-order valence-electron chi connectivity index (χ4n) is 3.19. The van der Waals surface area contributed by atoms with E-state index in [0.29, 0.717) is 13.1 Å². The van der Waals surface area contributed by atoms with Gasteiger partial charge in [-0.2, -0.15) is 4.31 Å². The van der Waals surface area contributed by atoms with Crippen LogP contribution in [0.4, 0.5) is 5.69 Å². The predicted octanol–water partition coefficient (Wildman–Crippen LogP) is 4.96. The first-order valence-corrected chi connectivity index (χ1v) is 12.6. The minimum Gasteiger partial charge on any atom is -0.324 e. The van der Waals surface area contributed by atoms with Crippen molar-refractivity contribution in [2.75, 3.05) is 24.2 Å². The van der Waals surface area contributed by atoms with Crippen molar-refractivity contribution in [2.45, 2.75) is 30.7 Å². The number of pyridine rings is 1. The van der Waals surface area contributed by atoms with Crippen LogP contribution in [0.1, 0.15) is 19.4 Å². The van der Waals surface area contributed by atoms with E-state index >= 15 is 0 Å². The summed E-state index contributed by atoms with van der Waals surface area (Å²) in [7, 11) is -3.65. The summed E-state index contributed by atoms with van der Waals surface area (Å²) in [6.07, 6.45) is 0. The van der Waals surface area contributed by atoms with Gasteiger partial charge in [-0.15, -0.1) is 0 Å². The maximum atomic E-state index is 12.8. The number of fused-ring (bicyclic) bond motifs is 1. The normalized spacial score (nSPS) is 11.8. The molecule has 3 aromatic rings. The third-order valence-corrected chi connectivity index (χ3v) is 8.09. The summed E-state index contributed by atoms with van der Waals surface area (Å²) in [6.45, 7) is 6.28. The number of thioether (sulfide) groups is 1. The molecule has 2 aromatic carbocycles. The van der Waals surface area contributed by atoms with E-state index in [9.17, 15) is 13.2 Å². The molecule has 9 heteroatoms. The lowest BCUT2D eigenvalue weighted by atomic mass is 10.1. The third kappa shape index (κ3) is 5.38. The molecule has 0 aliphatic carbocycles. The molecule has 0 radical (unpaired) electrons. The zero-order valence-electron chi connectivity index (χ0n) is 17.6. The summed E-state index contributed by atoms with van der Waals surface area (Å²) in [5, 5.41) is 4.82. The van der Waals surface area contributed by atoms with E-state index in [1.807, 2.05) is 37.3 Å². The molecule has 6 nitrogen and oxygen atoms in total. The van der Waals surface area contributed by atoms with E-state index in [1.165, 1.54) is 34.3 Å². The lowest BCUT2D eigenvalue weighted by Gasteiger charge is -2.19. The summed E-state index contributed by atoms with van der Waals surface area (Å²) in [6, 6.07) is 14.1. The molecule has 3 rings (SSSR count). The molecule has 0 aliphatic rings. The number of aryl methyl sites for hydroxylation is 1. The Morgan fingerprint density at radius 2 is 1.84 bits per heavy atom. The van der Waals surface area contributed by atoms with Gasteiger partial charge in [-0.25, -0.2) is 13.4 Å². The van der Waals surface area contributed by atoms with E-state index in [0.717, 1.165) is 21.5 Å². The summed E-state index contributed by atoms with van der Waals surface area (Å²) in [5.41, 5.74) is 2.23. The zero-order valence-corrected chi connectivity index (χ0v) is 19.9. The number of halogens is 1. The Morgan fingerprint density at radius 3 is 2.55 bits per heavy atom. The molecule has 0 saturated carbocycles. The Labute approximate surface area is 192 Å². The van der Waals surface area contributed by atoms with Crippen LogP contribution < -0.4 is 5.32 Å². The number of nitrogens with zero attached hydrogens (tertiary/aromatic N) is 2. The SMILES string of the molecule is CCN(CC)S(=O)(=O)c1ccc(Cl)c(NC(=O)CSc2cc(C)c3ccccc3n2)c1. The smallest absolute Gasteiger partial charge is 0.243 e. The molecule has 1 N–H and O–H groups in total. The number of hydrogen-bond donors (Lipinski definition) is 1. The minimum atomic E-state index is -3.65. The van der Waals surface area contributed by atoms with Crippen molar-refractivity contribution in [3.05, 3.63) is 59.1 Å². The third-order valence-electron chi connectivity index (χ3n) is 4.81. The average Bonchev–Trinajstić information content (AvgIpc) is 2.74. The molecular weight excluding hydrogens is 454 g/mol. The quantitative estimate of drug-likeness (QED) is 0.464. The number of hydrogen-bond acceptors (Lipinski definition) is 5. The molecule has 1 amide bonds. The van der Waals surface area contributed by atoms with Crippen LogP contribution in [0.15, 0.2) is 58.5 Å². The van der Waals surface area contributed by atoms with Crippen LogP contribution in [-0.4, -0.2) is 42.5 Å². The van der Waals surface area contributed by atoms with E-state index in [-0.39, 0.29) is 27.3 Å². The van der Waals surface area contributed by atoms with Crippen LogP contribution in [0.2, 0.25) is 5.02 Å². The Hall–Kier alpha value is -2.13. The van der Waals surface area contributed by atoms with Crippen molar-refractivity contribution >= 4 is 55.9 Å². The van der Waals surface area contributed by atoms with Crippen molar-refractivity contribution in [2.24, 2.45) is 0 Å². The fourth-order valence-corrected chi connectivity index (χ4v) is 5.62. The Bertz CT molecular complexity index is 1210. The second-order valence-electron chi connectivity index (χ2n) is 6.86. The minimum absolute atomic E-state index is 0.0929. The van der Waals surface area contributed by atoms with Gasteiger partial charge in [0.15, 0.2) is 0 Å². The summed E-state index contributed by atoms with van der Waals surface area (Å²) in [4.78, 5) is 17.2. The summed E-state index contributed by atoms with van der Waals surface area (Å²) < 4.78 is 26.9. The number of nitrogens with one attached hydrogen (secondary N) is 1. The number of carbonyl (C=O) groups is 1. The number of sulfonamides is 1. The Balaban J connectivity index is 1.74. The molecule has 0 bridgehead atoms. The van der Waals surface area contributed by atoms with E-state index in [2.05, 4.69) is 10.3 Å². The molecule has 31 heavy (non-hydrogen) atoms. The maximum absolute atomic E-state index is 12.8. The Kier molecular flexibility index (Phi) is 7.59. The van der Waals surface area contributed by atoms with E-state index in [1.54, 1.807) is 13.8 Å². The molecule has 0 saturated heterocycles. The Morgan fingerprint density at radius 1 is 1.13 bits per heavy atom. The van der Waals surface area contributed by atoms with Gasteiger partial charge in [-0.05, 0) is 42.8 Å². The number of benzene rings is 2. The van der Waals surface area contributed by atoms with Crippen LogP contribution in [0, 0.1) is 6.92 Å². The molecule has 0 fully saturated rings. The molecule has 0 aliphatic heterocycles. The highest BCUT2D eigenvalue weighted by Gasteiger charge is 2.22. The van der Waals surface area contributed by atoms with Crippen LogP contribution >= 0.6 is 23.4 Å². The molecule has 0 atom stereocenters. The average molecular weight is 478 g/mol. The van der Waals surface area contributed by atoms with Crippen LogP contribution in [0.5, 0.6) is 0 Å². The standard InChI is InChI=1S/C22H24ClN3O3S2/c1-4-26(5-2)31(28,29)16-10-11-18(23)20(13-16)24-21(27)14-30-22-12-15(3)17-8-6-7-9-19(17)25-22/h6-13H,4-5,14H2,1-3H3,(H,24,27). The second kappa shape index (κ2) is 9.99. The van der Waals surface area contributed by atoms with Crippen molar-refractivity contribution in [3.8, 4) is 0 Å². The highest BCUT2D eigenvalue weighted by Crippen LogP contribution is 2.28. The van der Waals surface area contributed by atoms with Crippen LogP contribution in [0.25, 0.3) is 10.9 Å². The van der Waals surface area contributed by atoms with Gasteiger partial charge in [0, 0.05) is 18.5 Å². The number of rotatable bonds is 8. The fraction of sp³-hybridized carbons (Fsp3) is 0.273. The number of anilines is 1. The van der Waals surface area contributed by atoms with Crippen molar-refractivity contribution in [1.29, 1.82) is 0 Å². The van der Waals surface area contributed by atoms with Gasteiger partial charge in [0.25, 0.3) is 0 Å². The van der Waals surface area contributed by atoms with E-state index in [4.69, 9.17) is 11.6 Å². The molecule has 164 valence electrons. The van der Waals surface area contributed by atoms with Gasteiger partial charge in [0.05, 0.1) is 31.9 Å². The molecule has 1 heterocycles. The summed E-state index contributed by atoms with van der Waals surface area (Å²) in [5.74, 6) is -0.175. The highest BCUT2D eigenvalue weighted by molar-refractivity contribution is 7.99. The van der Waals surface area contributed by atoms with Gasteiger partial charge in [0.1, 0.15) is 0 Å². The number of para-hydroxylation sites is 1. The van der Waals surface area contributed by atoms with Gasteiger partial charge in [0.2, 0.25) is 15.9 Å². The molecule has 0 spiro atoms. The first-order valence-electron chi connectivity index (χ1n) is 9.85. The number of carbonyl (C=O) groups excluding carboxylic acids is 1. The van der Waals surface area contributed by atoms with Gasteiger partial charge in [-0.3, -0.25) is 4.79 Å². The van der Waals surface area contributed by atoms with Crippen molar-refractivity contribution in [1.82, 2.24) is 9.29 Å². The van der Waals surface area contributed by atoms with E-state index < -0.39 is 10.0 Å². The molecule has 1 aromatic heterocycles. The lowest BCUT2D eigenvalue weighted by molar-refractivity contribution is -0.113. The lowest BCUT2D eigenvalue weighted by Crippen LogP contribution is -2.30. The van der Waals surface area contributed by atoms with Crippen molar-refractivity contribution < 1.29 is 13.2 Å². The number of amides is 1. The highest BCUT2D eigenvalue weighted by atomic mass is 35.5. The van der Waals surface area contributed by atoms with Gasteiger partial charge < -0.3 is 5.32 Å². The topological polar surface area (TPSA) is 79.4 Å². The van der Waals surface area contributed by atoms with Gasteiger partial charge >= 0.3 is 0 Å². The van der Waals surface area contributed by atoms with Crippen molar-refractivity contribution in [3.63, 3.8) is 0 Å². The van der Waals surface area contributed by atoms with Gasteiger partial charge in [-0.1, -0.05) is 55.4 Å². The predicted molar refractivity (Wildman–Crippen MR) is 127 cm³/mol. The molecule has 0 unspecified atom stereocenters. The first-order chi connectivity index (χ1) is 14.8. The van der Waals surface area contributed by atoms with Crippen LogP contribution in [0.3, 0.4) is 0 Å². The maximum Gasteiger partial charge on any atom is 0.243 e. The van der Waals surface area contributed by atoms with Crippen LogP contribution in [-0.2, 0) is 14.8 Å². The first kappa shape index (κ1) is 23.5. The monoisotopic (exact) mass is 477 g/mol. The second-order valence-corrected chi connectivity index (χ2v) is 10.2.